The van der Waals surface area contributed by atoms with Gasteiger partial charge in [-0.1, -0.05) is 37.3 Å². The molecule has 3 heteroatoms. The fourth-order valence-corrected chi connectivity index (χ4v) is 3.31. The molecule has 114 valence electrons. The molecule has 0 saturated heterocycles. The highest BCUT2D eigenvalue weighted by molar-refractivity contribution is 6.04. The van der Waals surface area contributed by atoms with Crippen LogP contribution in [0.3, 0.4) is 0 Å². The number of hydrogen-bond donors (Lipinski definition) is 0. The van der Waals surface area contributed by atoms with E-state index in [1.54, 1.807) is 14.2 Å². The Bertz CT molecular complexity index is 720. The number of Topliss-reactive ketones (excluding diaryl/α,β-unsaturated/α-hetero) is 1. The molecule has 0 bridgehead atoms. The summed E-state index contributed by atoms with van der Waals surface area (Å²) in [6.45, 7) is 2.05. The van der Waals surface area contributed by atoms with Gasteiger partial charge in [-0.05, 0) is 36.1 Å². The minimum atomic E-state index is -0.386. The first-order chi connectivity index (χ1) is 10.6. The van der Waals surface area contributed by atoms with Gasteiger partial charge in [0.2, 0.25) is 0 Å². The quantitative estimate of drug-likeness (QED) is 0.863. The highest BCUT2D eigenvalue weighted by atomic mass is 16.5. The van der Waals surface area contributed by atoms with Crippen LogP contribution in [0.15, 0.2) is 42.5 Å². The van der Waals surface area contributed by atoms with Crippen LogP contribution in [0.5, 0.6) is 11.5 Å². The van der Waals surface area contributed by atoms with Crippen LogP contribution in [-0.4, -0.2) is 20.0 Å². The summed E-state index contributed by atoms with van der Waals surface area (Å²) in [7, 11) is 3.25. The number of rotatable bonds is 4. The van der Waals surface area contributed by atoms with Crippen molar-refractivity contribution in [3.63, 3.8) is 0 Å². The van der Waals surface area contributed by atoms with Gasteiger partial charge in [-0.15, -0.1) is 0 Å². The number of ether oxygens (including phenoxy) is 2. The summed E-state index contributed by atoms with van der Waals surface area (Å²) in [5.41, 5.74) is 2.71. The van der Waals surface area contributed by atoms with Crippen LogP contribution in [0, 0.1) is 5.41 Å². The van der Waals surface area contributed by atoms with E-state index in [9.17, 15) is 4.79 Å². The Morgan fingerprint density at radius 1 is 1.05 bits per heavy atom. The number of benzene rings is 2. The lowest BCUT2D eigenvalue weighted by atomic mass is 9.80. The van der Waals surface area contributed by atoms with Gasteiger partial charge in [0.05, 0.1) is 14.2 Å². The third-order valence-corrected chi connectivity index (χ3v) is 4.43. The van der Waals surface area contributed by atoms with E-state index in [0.29, 0.717) is 17.9 Å². The van der Waals surface area contributed by atoms with Crippen LogP contribution in [0.2, 0.25) is 0 Å². The van der Waals surface area contributed by atoms with Crippen molar-refractivity contribution in [1.29, 1.82) is 0 Å². The lowest BCUT2D eigenvalue weighted by molar-refractivity contribution is 0.0842. The molecule has 0 radical (unpaired) electrons. The zero-order chi connectivity index (χ0) is 15.7. The zero-order valence-corrected chi connectivity index (χ0v) is 13.2. The summed E-state index contributed by atoms with van der Waals surface area (Å²) in [6.07, 6.45) is 1.48. The molecule has 1 atom stereocenters. The van der Waals surface area contributed by atoms with Gasteiger partial charge in [-0.2, -0.15) is 0 Å². The smallest absolute Gasteiger partial charge is 0.169 e. The van der Waals surface area contributed by atoms with E-state index in [-0.39, 0.29) is 11.2 Å². The molecule has 0 N–H and O–H groups in total. The topological polar surface area (TPSA) is 35.5 Å². The first kappa shape index (κ1) is 14.6. The predicted octanol–water partition coefficient (Wildman–Crippen LogP) is 3.69. The second-order valence-electron chi connectivity index (χ2n) is 6.09. The molecular formula is C19H20O3. The van der Waals surface area contributed by atoms with Crippen LogP contribution in [0.4, 0.5) is 0 Å². The van der Waals surface area contributed by atoms with Gasteiger partial charge in [0.25, 0.3) is 0 Å². The average Bonchev–Trinajstić information content (AvgIpc) is 2.78. The number of carbonyl (C=O) groups excluding carboxylic acids is 1. The minimum absolute atomic E-state index is 0.234. The molecule has 1 aliphatic carbocycles. The third kappa shape index (κ3) is 2.37. The van der Waals surface area contributed by atoms with Gasteiger partial charge in [-0.3, -0.25) is 4.79 Å². The number of methoxy groups -OCH3 is 2. The van der Waals surface area contributed by atoms with Gasteiger partial charge in [0.1, 0.15) is 0 Å². The highest BCUT2D eigenvalue weighted by Crippen LogP contribution is 2.40. The molecule has 0 aromatic heterocycles. The summed E-state index contributed by atoms with van der Waals surface area (Å²) in [5, 5.41) is 0. The Labute approximate surface area is 130 Å². The van der Waals surface area contributed by atoms with Crippen LogP contribution < -0.4 is 9.47 Å². The molecule has 1 unspecified atom stereocenters. The van der Waals surface area contributed by atoms with Gasteiger partial charge in [0, 0.05) is 11.0 Å². The molecule has 0 fully saturated rings. The van der Waals surface area contributed by atoms with E-state index in [1.165, 1.54) is 0 Å². The van der Waals surface area contributed by atoms with Crippen molar-refractivity contribution in [1.82, 2.24) is 0 Å². The van der Waals surface area contributed by atoms with E-state index in [0.717, 1.165) is 23.1 Å². The monoisotopic (exact) mass is 296 g/mol. The summed E-state index contributed by atoms with van der Waals surface area (Å²) in [4.78, 5) is 12.7. The molecule has 0 saturated carbocycles. The lowest BCUT2D eigenvalue weighted by Crippen LogP contribution is -2.26. The van der Waals surface area contributed by atoms with E-state index in [2.05, 4.69) is 0 Å². The molecule has 0 spiro atoms. The predicted molar refractivity (Wildman–Crippen MR) is 85.8 cm³/mol. The van der Waals surface area contributed by atoms with Gasteiger partial charge in [0.15, 0.2) is 17.3 Å². The van der Waals surface area contributed by atoms with E-state index < -0.39 is 0 Å². The maximum Gasteiger partial charge on any atom is 0.169 e. The van der Waals surface area contributed by atoms with Crippen molar-refractivity contribution >= 4 is 5.78 Å². The van der Waals surface area contributed by atoms with Crippen molar-refractivity contribution in [2.45, 2.75) is 19.8 Å². The molecular weight excluding hydrogens is 276 g/mol. The minimum Gasteiger partial charge on any atom is -0.493 e. The molecule has 0 heterocycles. The highest BCUT2D eigenvalue weighted by Gasteiger charge is 2.41. The van der Waals surface area contributed by atoms with Gasteiger partial charge < -0.3 is 9.47 Å². The van der Waals surface area contributed by atoms with Crippen LogP contribution in [-0.2, 0) is 12.8 Å². The zero-order valence-electron chi connectivity index (χ0n) is 13.2. The normalized spacial score (nSPS) is 19.9. The second kappa shape index (κ2) is 5.48. The van der Waals surface area contributed by atoms with Crippen molar-refractivity contribution in [3.8, 4) is 11.5 Å². The third-order valence-electron chi connectivity index (χ3n) is 4.43. The Kier molecular flexibility index (Phi) is 3.65. The molecule has 22 heavy (non-hydrogen) atoms. The number of fused-ring (bicyclic) bond motifs is 1. The summed E-state index contributed by atoms with van der Waals surface area (Å²) >= 11 is 0. The second-order valence-corrected chi connectivity index (χ2v) is 6.09. The molecule has 2 aromatic carbocycles. The number of hydrogen-bond acceptors (Lipinski definition) is 3. The van der Waals surface area contributed by atoms with Gasteiger partial charge >= 0.3 is 0 Å². The summed E-state index contributed by atoms with van der Waals surface area (Å²) in [5.74, 6) is 1.64. The Morgan fingerprint density at radius 2 is 1.77 bits per heavy atom. The maximum absolute atomic E-state index is 12.7. The van der Waals surface area contributed by atoms with Crippen molar-refractivity contribution in [2.24, 2.45) is 5.41 Å². The fraction of sp³-hybridized carbons (Fsp3) is 0.316. The Balaban J connectivity index is 1.89. The first-order valence-corrected chi connectivity index (χ1v) is 7.41. The average molecular weight is 296 g/mol. The van der Waals surface area contributed by atoms with Crippen molar-refractivity contribution in [2.75, 3.05) is 14.2 Å². The lowest BCUT2D eigenvalue weighted by Gasteiger charge is -2.22. The van der Waals surface area contributed by atoms with Crippen molar-refractivity contribution in [3.05, 3.63) is 59.2 Å². The van der Waals surface area contributed by atoms with Crippen molar-refractivity contribution < 1.29 is 14.3 Å². The van der Waals surface area contributed by atoms with E-state index >= 15 is 0 Å². The van der Waals surface area contributed by atoms with Crippen LogP contribution in [0.25, 0.3) is 0 Å². The largest absolute Gasteiger partial charge is 0.493 e. The SMILES string of the molecule is COc1ccc(CC2(C)Cc3ccccc3C2=O)cc1OC. The molecule has 0 amide bonds. The Morgan fingerprint density at radius 3 is 2.45 bits per heavy atom. The maximum atomic E-state index is 12.7. The van der Waals surface area contributed by atoms with Crippen LogP contribution >= 0.6 is 0 Å². The molecule has 0 aliphatic heterocycles. The molecule has 3 rings (SSSR count). The summed E-state index contributed by atoms with van der Waals surface area (Å²) < 4.78 is 10.6. The summed E-state index contributed by atoms with van der Waals surface area (Å²) in [6, 6.07) is 13.8. The van der Waals surface area contributed by atoms with Gasteiger partial charge in [-0.25, -0.2) is 0 Å². The molecule has 1 aliphatic rings. The Hall–Kier alpha value is -2.29. The van der Waals surface area contributed by atoms with E-state index in [1.807, 2.05) is 49.4 Å². The molecule has 3 nitrogen and oxygen atoms in total. The number of carbonyl (C=O) groups is 1. The van der Waals surface area contributed by atoms with E-state index in [4.69, 9.17) is 9.47 Å². The van der Waals surface area contributed by atoms with Crippen LogP contribution in [0.1, 0.15) is 28.4 Å². The number of ketones is 1. The standard InChI is InChI=1S/C19H20O3/c1-19(12-14-6-4-5-7-15(14)18(19)20)11-13-8-9-16(21-2)17(10-13)22-3/h4-10H,11-12H2,1-3H3. The fourth-order valence-electron chi connectivity index (χ4n) is 3.31. The molecule has 2 aromatic rings. The first-order valence-electron chi connectivity index (χ1n) is 7.41.